The van der Waals surface area contributed by atoms with E-state index in [0.717, 1.165) is 63.9 Å². The SMILES string of the molecule is CCOc1ccc(/C=C2\CCC[C@@H]3C2=NN(C(=O)CN2N=N[C@@H]4C(=O)N(c5cccc6ccccc56)C(=O)[C@H]42)[C@H]3c2ccc(OCC)cc2)cc1. The van der Waals surface area contributed by atoms with Crippen molar-refractivity contribution in [1.82, 2.24) is 10.0 Å². The second kappa shape index (κ2) is 13.5. The van der Waals surface area contributed by atoms with Gasteiger partial charge in [-0.05, 0) is 91.6 Å². The molecule has 51 heavy (non-hydrogen) atoms. The summed E-state index contributed by atoms with van der Waals surface area (Å²) in [5.41, 5.74) is 4.44. The fourth-order valence-electron chi connectivity index (χ4n) is 7.70. The summed E-state index contributed by atoms with van der Waals surface area (Å²) in [5, 5.41) is 18.0. The summed E-state index contributed by atoms with van der Waals surface area (Å²) in [6.45, 7) is 4.79. The highest BCUT2D eigenvalue weighted by molar-refractivity contribution is 6.27. The Morgan fingerprint density at radius 2 is 1.55 bits per heavy atom. The standard InChI is InChI=1S/C40H38N6O5/c1-3-50-29-19-15-25(16-20-29)23-28-11-7-13-32-35(28)42-46(37(32)27-17-21-30(22-18-27)51-4-2)34(47)24-44-38-36(41-43-44)39(48)45(40(38)49)33-14-8-10-26-9-5-6-12-31(26)33/h5-6,8-10,12,14-23,32,36-38H,3-4,7,11,13,24H2,1-2H3/b28-23+/t32-,36+,37+,38+/m1/s1. The molecule has 2 fully saturated rings. The maximum absolute atomic E-state index is 14.4. The van der Waals surface area contributed by atoms with Crippen LogP contribution in [0.2, 0.25) is 0 Å². The zero-order chi connectivity index (χ0) is 35.1. The molecule has 3 amide bonds. The van der Waals surface area contributed by atoms with Crippen molar-refractivity contribution in [1.29, 1.82) is 0 Å². The number of anilines is 1. The molecule has 0 N–H and O–H groups in total. The molecule has 1 aliphatic carbocycles. The highest BCUT2D eigenvalue weighted by atomic mass is 16.5. The average molecular weight is 683 g/mol. The van der Waals surface area contributed by atoms with Gasteiger partial charge in [0.05, 0.1) is 30.7 Å². The molecule has 4 aliphatic rings. The predicted molar refractivity (Wildman–Crippen MR) is 193 cm³/mol. The summed E-state index contributed by atoms with van der Waals surface area (Å²) in [5.74, 6) is 0.295. The molecule has 0 spiro atoms. The molecular formula is C40H38N6O5. The van der Waals surface area contributed by atoms with Crippen molar-refractivity contribution < 1.29 is 23.9 Å². The molecule has 258 valence electrons. The molecule has 11 nitrogen and oxygen atoms in total. The molecule has 1 saturated heterocycles. The second-order valence-corrected chi connectivity index (χ2v) is 13.0. The highest BCUT2D eigenvalue weighted by Crippen LogP contribution is 2.45. The highest BCUT2D eigenvalue weighted by Gasteiger charge is 2.56. The van der Waals surface area contributed by atoms with E-state index in [9.17, 15) is 14.4 Å². The zero-order valence-corrected chi connectivity index (χ0v) is 28.5. The van der Waals surface area contributed by atoms with E-state index in [0.29, 0.717) is 18.9 Å². The summed E-state index contributed by atoms with van der Waals surface area (Å²) in [7, 11) is 0. The lowest BCUT2D eigenvalue weighted by Gasteiger charge is -2.30. The minimum atomic E-state index is -1.03. The first-order chi connectivity index (χ1) is 24.9. The molecule has 3 heterocycles. The molecule has 3 aliphatic heterocycles. The van der Waals surface area contributed by atoms with Gasteiger partial charge in [0.15, 0.2) is 12.1 Å². The van der Waals surface area contributed by atoms with Crippen LogP contribution in [-0.4, -0.2) is 65.3 Å². The van der Waals surface area contributed by atoms with Gasteiger partial charge in [-0.3, -0.25) is 19.4 Å². The van der Waals surface area contributed by atoms with Crippen molar-refractivity contribution in [2.75, 3.05) is 24.7 Å². The first-order valence-electron chi connectivity index (χ1n) is 17.5. The van der Waals surface area contributed by atoms with E-state index in [1.807, 2.05) is 98.8 Å². The Morgan fingerprint density at radius 3 is 2.29 bits per heavy atom. The average Bonchev–Trinajstić information content (AvgIpc) is 3.82. The topological polar surface area (TPSA) is 116 Å². The first kappa shape index (κ1) is 32.4. The van der Waals surface area contributed by atoms with Crippen LogP contribution in [0.1, 0.15) is 50.3 Å². The van der Waals surface area contributed by atoms with Crippen molar-refractivity contribution >= 4 is 46.0 Å². The van der Waals surface area contributed by atoms with E-state index < -0.39 is 23.9 Å². The summed E-state index contributed by atoms with van der Waals surface area (Å²) >= 11 is 0. The quantitative estimate of drug-likeness (QED) is 0.180. The summed E-state index contributed by atoms with van der Waals surface area (Å²) in [6, 6.07) is 26.5. The Balaban J connectivity index is 1.09. The number of benzene rings is 4. The van der Waals surface area contributed by atoms with Crippen LogP contribution < -0.4 is 14.4 Å². The number of nitrogens with zero attached hydrogens (tertiary/aromatic N) is 6. The van der Waals surface area contributed by atoms with E-state index in [4.69, 9.17) is 14.6 Å². The maximum atomic E-state index is 14.4. The van der Waals surface area contributed by atoms with Gasteiger partial charge in [0, 0.05) is 11.3 Å². The number of fused-ring (bicyclic) bond motifs is 3. The zero-order valence-electron chi connectivity index (χ0n) is 28.5. The number of hydrazone groups is 1. The smallest absolute Gasteiger partial charge is 0.264 e. The fraction of sp³-hybridized carbons (Fsp3) is 0.300. The number of hydrogen-bond donors (Lipinski definition) is 0. The Hall–Kier alpha value is -5.84. The van der Waals surface area contributed by atoms with Crippen LogP contribution >= 0.6 is 0 Å². The lowest BCUT2D eigenvalue weighted by Crippen LogP contribution is -2.45. The predicted octanol–water partition coefficient (Wildman–Crippen LogP) is 6.75. The lowest BCUT2D eigenvalue weighted by molar-refractivity contribution is -0.136. The van der Waals surface area contributed by atoms with Crippen molar-refractivity contribution in [3.05, 3.63) is 108 Å². The second-order valence-electron chi connectivity index (χ2n) is 13.0. The van der Waals surface area contributed by atoms with E-state index in [2.05, 4.69) is 16.4 Å². The van der Waals surface area contributed by atoms with Crippen LogP contribution in [-0.2, 0) is 14.4 Å². The van der Waals surface area contributed by atoms with Crippen LogP contribution in [0.5, 0.6) is 11.5 Å². The van der Waals surface area contributed by atoms with Gasteiger partial charge in [-0.25, -0.2) is 9.91 Å². The van der Waals surface area contributed by atoms with Crippen molar-refractivity contribution in [2.45, 2.75) is 51.2 Å². The molecule has 11 heteroatoms. The third kappa shape index (κ3) is 5.82. The van der Waals surface area contributed by atoms with Gasteiger partial charge in [-0.1, -0.05) is 65.9 Å². The Labute approximate surface area is 295 Å². The minimum absolute atomic E-state index is 0.0286. The van der Waals surface area contributed by atoms with Gasteiger partial charge < -0.3 is 9.47 Å². The molecular weight excluding hydrogens is 644 g/mol. The number of rotatable bonds is 9. The number of amides is 3. The van der Waals surface area contributed by atoms with Gasteiger partial charge >= 0.3 is 0 Å². The summed E-state index contributed by atoms with van der Waals surface area (Å²) < 4.78 is 11.3. The Bertz CT molecular complexity index is 2090. The van der Waals surface area contributed by atoms with Gasteiger partial charge in [-0.2, -0.15) is 10.2 Å². The lowest BCUT2D eigenvalue weighted by atomic mass is 9.77. The monoisotopic (exact) mass is 682 g/mol. The van der Waals surface area contributed by atoms with Crippen LogP contribution in [0.25, 0.3) is 16.8 Å². The number of carbonyl (C=O) groups is 3. The maximum Gasteiger partial charge on any atom is 0.264 e. The van der Waals surface area contributed by atoms with Crippen LogP contribution in [0, 0.1) is 5.92 Å². The number of ether oxygens (including phenoxy) is 2. The molecule has 4 atom stereocenters. The molecule has 8 rings (SSSR count). The third-order valence-corrected chi connectivity index (χ3v) is 9.98. The molecule has 0 aromatic heterocycles. The molecule has 1 saturated carbocycles. The van der Waals surface area contributed by atoms with Crippen molar-refractivity contribution in [3.63, 3.8) is 0 Å². The Kier molecular flexibility index (Phi) is 8.55. The van der Waals surface area contributed by atoms with Gasteiger partial charge in [0.25, 0.3) is 17.7 Å². The van der Waals surface area contributed by atoms with Crippen LogP contribution in [0.3, 0.4) is 0 Å². The largest absolute Gasteiger partial charge is 0.494 e. The number of hydrogen-bond acceptors (Lipinski definition) is 9. The van der Waals surface area contributed by atoms with Crippen LogP contribution in [0.4, 0.5) is 5.69 Å². The van der Waals surface area contributed by atoms with Gasteiger partial charge in [0.1, 0.15) is 18.0 Å². The summed E-state index contributed by atoms with van der Waals surface area (Å²) in [4.78, 5) is 43.2. The number of allylic oxidation sites excluding steroid dienone is 1. The van der Waals surface area contributed by atoms with E-state index in [1.165, 1.54) is 9.91 Å². The van der Waals surface area contributed by atoms with E-state index in [1.54, 1.807) is 11.1 Å². The third-order valence-electron chi connectivity index (χ3n) is 9.98. The van der Waals surface area contributed by atoms with E-state index in [-0.39, 0.29) is 24.4 Å². The normalized spacial score (nSPS) is 23.2. The molecule has 0 radical (unpaired) electrons. The molecule has 4 aromatic rings. The Morgan fingerprint density at radius 1 is 0.843 bits per heavy atom. The van der Waals surface area contributed by atoms with E-state index >= 15 is 0 Å². The number of carbonyl (C=O) groups excluding carboxylic acids is 3. The molecule has 4 aromatic carbocycles. The van der Waals surface area contributed by atoms with Gasteiger partial charge in [0.2, 0.25) is 0 Å². The van der Waals surface area contributed by atoms with Crippen molar-refractivity contribution in [3.8, 4) is 11.5 Å². The van der Waals surface area contributed by atoms with Crippen molar-refractivity contribution in [2.24, 2.45) is 21.4 Å². The molecule has 0 unspecified atom stereocenters. The number of imide groups is 1. The summed E-state index contributed by atoms with van der Waals surface area (Å²) in [6.07, 6.45) is 4.80. The van der Waals surface area contributed by atoms with Gasteiger partial charge in [-0.15, -0.1) is 0 Å². The minimum Gasteiger partial charge on any atom is -0.494 e. The first-order valence-corrected chi connectivity index (χ1v) is 17.5. The van der Waals surface area contributed by atoms with Crippen LogP contribution in [0.15, 0.2) is 112 Å². The molecule has 0 bridgehead atoms. The fourth-order valence-corrected chi connectivity index (χ4v) is 7.70.